The molecule has 0 bridgehead atoms. The minimum Gasteiger partial charge on any atom is -0.377 e. The van der Waals surface area contributed by atoms with Crippen LogP contribution in [0, 0.1) is 11.8 Å². The van der Waals surface area contributed by atoms with Crippen LogP contribution in [-0.2, 0) is 0 Å². The fourth-order valence-electron chi connectivity index (χ4n) is 0.962. The molecule has 0 radical (unpaired) electrons. The molecule has 1 N–H and O–H groups in total. The number of aliphatic hydroxyl groups is 1. The zero-order valence-corrected chi connectivity index (χ0v) is 7.57. The molecule has 0 amide bonds. The molecule has 0 aromatic heterocycles. The van der Waals surface area contributed by atoms with E-state index in [4.69, 9.17) is 0 Å². The van der Waals surface area contributed by atoms with Gasteiger partial charge in [0.1, 0.15) is 6.10 Å². The molecule has 0 saturated carbocycles. The first-order valence-electron chi connectivity index (χ1n) is 4.16. The molecule has 0 aliphatic carbocycles. The van der Waals surface area contributed by atoms with Crippen LogP contribution in [0.25, 0.3) is 6.08 Å². The van der Waals surface area contributed by atoms with Crippen LogP contribution in [0.2, 0.25) is 0 Å². The Hall–Kier alpha value is -1.52. The topological polar surface area (TPSA) is 20.2 Å². The molecular weight excluding hydrogens is 160 g/mol. The lowest BCUT2D eigenvalue weighted by atomic mass is 10.2. The van der Waals surface area contributed by atoms with Gasteiger partial charge in [-0.15, -0.1) is 5.92 Å². The van der Waals surface area contributed by atoms with Crippen LogP contribution in [0.4, 0.5) is 0 Å². The Balaban J connectivity index is 2.62. The summed E-state index contributed by atoms with van der Waals surface area (Å²) < 4.78 is 0. The van der Waals surface area contributed by atoms with Gasteiger partial charge in [-0.25, -0.2) is 0 Å². The molecule has 66 valence electrons. The summed E-state index contributed by atoms with van der Waals surface area (Å²) in [4.78, 5) is 0. The van der Waals surface area contributed by atoms with Gasteiger partial charge in [-0.1, -0.05) is 42.3 Å². The Labute approximate surface area is 78.7 Å². The standard InChI is InChI=1S/C12H12O/c1-2-6-12(13)10-9-11-7-4-3-5-8-11/h3-5,7-10,12-13H,1H3/b10-9+. The highest BCUT2D eigenvalue weighted by Crippen LogP contribution is 2.01. The summed E-state index contributed by atoms with van der Waals surface area (Å²) in [6.07, 6.45) is 2.87. The summed E-state index contributed by atoms with van der Waals surface area (Å²) in [5.41, 5.74) is 1.07. The lowest BCUT2D eigenvalue weighted by Crippen LogP contribution is -1.95. The number of aliphatic hydroxyl groups excluding tert-OH is 1. The molecule has 1 atom stereocenters. The van der Waals surface area contributed by atoms with Gasteiger partial charge in [-0.05, 0) is 18.6 Å². The number of benzene rings is 1. The van der Waals surface area contributed by atoms with E-state index in [1.54, 1.807) is 13.0 Å². The van der Waals surface area contributed by atoms with Crippen LogP contribution in [0.3, 0.4) is 0 Å². The first-order valence-corrected chi connectivity index (χ1v) is 4.16. The molecule has 1 unspecified atom stereocenters. The van der Waals surface area contributed by atoms with E-state index in [2.05, 4.69) is 11.8 Å². The van der Waals surface area contributed by atoms with Crippen LogP contribution in [0.1, 0.15) is 12.5 Å². The van der Waals surface area contributed by atoms with Gasteiger partial charge in [0.05, 0.1) is 0 Å². The predicted octanol–water partition coefficient (Wildman–Crippen LogP) is 2.08. The normalized spacial score (nSPS) is 12.2. The van der Waals surface area contributed by atoms with E-state index in [9.17, 15) is 5.11 Å². The molecule has 0 heterocycles. The second-order valence-corrected chi connectivity index (χ2v) is 2.61. The maximum atomic E-state index is 9.25. The SMILES string of the molecule is CC#CC(O)/C=C/c1ccccc1. The molecule has 1 rings (SSSR count). The molecular formula is C12H12O. The fourth-order valence-corrected chi connectivity index (χ4v) is 0.962. The second kappa shape index (κ2) is 5.18. The van der Waals surface area contributed by atoms with Gasteiger partial charge in [0.25, 0.3) is 0 Å². The van der Waals surface area contributed by atoms with Crippen LogP contribution >= 0.6 is 0 Å². The van der Waals surface area contributed by atoms with Gasteiger partial charge in [-0.3, -0.25) is 0 Å². The number of hydrogen-bond acceptors (Lipinski definition) is 1. The molecule has 1 aromatic rings. The van der Waals surface area contributed by atoms with Crippen molar-refractivity contribution in [3.63, 3.8) is 0 Å². The average Bonchev–Trinajstić information content (AvgIpc) is 2.17. The van der Waals surface area contributed by atoms with Crippen molar-refractivity contribution in [2.75, 3.05) is 0 Å². The summed E-state index contributed by atoms with van der Waals surface area (Å²) in [5.74, 6) is 5.29. The molecule has 1 heteroatoms. The van der Waals surface area contributed by atoms with Crippen molar-refractivity contribution in [3.05, 3.63) is 42.0 Å². The summed E-state index contributed by atoms with van der Waals surface area (Å²) in [5, 5.41) is 9.25. The van der Waals surface area contributed by atoms with E-state index in [0.717, 1.165) is 5.56 Å². The zero-order chi connectivity index (χ0) is 9.52. The quantitative estimate of drug-likeness (QED) is 0.677. The Morgan fingerprint density at radius 1 is 1.31 bits per heavy atom. The van der Waals surface area contributed by atoms with Gasteiger partial charge in [0, 0.05) is 0 Å². The first kappa shape index (κ1) is 9.57. The van der Waals surface area contributed by atoms with Gasteiger partial charge in [0.15, 0.2) is 0 Å². The third kappa shape index (κ3) is 3.59. The minimum absolute atomic E-state index is 0.662. The van der Waals surface area contributed by atoms with E-state index < -0.39 is 6.10 Å². The van der Waals surface area contributed by atoms with Crippen LogP contribution in [0.15, 0.2) is 36.4 Å². The first-order chi connectivity index (χ1) is 6.33. The second-order valence-electron chi connectivity index (χ2n) is 2.61. The van der Waals surface area contributed by atoms with Gasteiger partial charge in [0.2, 0.25) is 0 Å². The molecule has 0 saturated heterocycles. The lowest BCUT2D eigenvalue weighted by molar-refractivity contribution is 0.281. The van der Waals surface area contributed by atoms with Crippen molar-refractivity contribution < 1.29 is 5.11 Å². The van der Waals surface area contributed by atoms with Crippen molar-refractivity contribution in [1.82, 2.24) is 0 Å². The Morgan fingerprint density at radius 3 is 2.62 bits per heavy atom. The van der Waals surface area contributed by atoms with Crippen LogP contribution in [-0.4, -0.2) is 11.2 Å². The minimum atomic E-state index is -0.662. The van der Waals surface area contributed by atoms with E-state index >= 15 is 0 Å². The molecule has 0 fully saturated rings. The molecule has 1 aromatic carbocycles. The van der Waals surface area contributed by atoms with Gasteiger partial charge >= 0.3 is 0 Å². The lowest BCUT2D eigenvalue weighted by Gasteiger charge is -1.94. The van der Waals surface area contributed by atoms with Crippen molar-refractivity contribution in [2.24, 2.45) is 0 Å². The third-order valence-electron chi connectivity index (χ3n) is 1.56. The predicted molar refractivity (Wildman–Crippen MR) is 54.9 cm³/mol. The summed E-state index contributed by atoms with van der Waals surface area (Å²) in [6.45, 7) is 1.71. The van der Waals surface area contributed by atoms with Crippen molar-refractivity contribution in [2.45, 2.75) is 13.0 Å². The molecule has 0 aliphatic rings. The van der Waals surface area contributed by atoms with Crippen molar-refractivity contribution in [1.29, 1.82) is 0 Å². The maximum absolute atomic E-state index is 9.25. The zero-order valence-electron chi connectivity index (χ0n) is 7.57. The summed E-state index contributed by atoms with van der Waals surface area (Å²) >= 11 is 0. The number of hydrogen-bond donors (Lipinski definition) is 1. The maximum Gasteiger partial charge on any atom is 0.133 e. The number of rotatable bonds is 2. The summed E-state index contributed by atoms with van der Waals surface area (Å²) in [7, 11) is 0. The van der Waals surface area contributed by atoms with E-state index in [0.29, 0.717) is 0 Å². The molecule has 0 spiro atoms. The van der Waals surface area contributed by atoms with Crippen LogP contribution in [0.5, 0.6) is 0 Å². The van der Waals surface area contributed by atoms with E-state index in [-0.39, 0.29) is 0 Å². The highest BCUT2D eigenvalue weighted by molar-refractivity contribution is 5.50. The fraction of sp³-hybridized carbons (Fsp3) is 0.167. The monoisotopic (exact) mass is 172 g/mol. The highest BCUT2D eigenvalue weighted by Gasteiger charge is 1.89. The molecule has 0 aliphatic heterocycles. The van der Waals surface area contributed by atoms with Crippen LogP contribution < -0.4 is 0 Å². The average molecular weight is 172 g/mol. The molecule has 13 heavy (non-hydrogen) atoms. The Kier molecular flexibility index (Phi) is 3.81. The van der Waals surface area contributed by atoms with Crippen molar-refractivity contribution >= 4 is 6.08 Å². The third-order valence-corrected chi connectivity index (χ3v) is 1.56. The molecule has 1 nitrogen and oxygen atoms in total. The van der Waals surface area contributed by atoms with Gasteiger partial charge in [-0.2, -0.15) is 0 Å². The smallest absolute Gasteiger partial charge is 0.133 e. The van der Waals surface area contributed by atoms with E-state index in [1.165, 1.54) is 0 Å². The highest BCUT2D eigenvalue weighted by atomic mass is 16.3. The Bertz CT molecular complexity index is 327. The largest absolute Gasteiger partial charge is 0.377 e. The summed E-state index contributed by atoms with van der Waals surface area (Å²) in [6, 6.07) is 9.82. The Morgan fingerprint density at radius 2 is 2.00 bits per heavy atom. The van der Waals surface area contributed by atoms with Crippen molar-refractivity contribution in [3.8, 4) is 11.8 Å². The van der Waals surface area contributed by atoms with Gasteiger partial charge < -0.3 is 5.11 Å². The van der Waals surface area contributed by atoms with E-state index in [1.807, 2.05) is 36.4 Å².